The second-order valence-electron chi connectivity index (χ2n) is 6.77. The largest absolute Gasteiger partial charge is 0.352 e. The number of amides is 2. The van der Waals surface area contributed by atoms with Crippen LogP contribution in [0, 0.1) is 5.82 Å². The first-order chi connectivity index (χ1) is 13.8. The van der Waals surface area contributed by atoms with Crippen molar-refractivity contribution in [2.24, 2.45) is 0 Å². The Balaban J connectivity index is 1.44. The van der Waals surface area contributed by atoms with Crippen LogP contribution in [0.3, 0.4) is 0 Å². The molecule has 2 aromatic carbocycles. The van der Waals surface area contributed by atoms with E-state index in [1.165, 1.54) is 18.2 Å². The van der Waals surface area contributed by atoms with Gasteiger partial charge in [0.05, 0.1) is 4.90 Å². The van der Waals surface area contributed by atoms with Gasteiger partial charge in [0.2, 0.25) is 21.8 Å². The van der Waals surface area contributed by atoms with E-state index in [1.54, 1.807) is 24.3 Å². The van der Waals surface area contributed by atoms with Crippen molar-refractivity contribution in [3.63, 3.8) is 0 Å². The van der Waals surface area contributed by atoms with Crippen molar-refractivity contribution in [1.29, 1.82) is 0 Å². The minimum atomic E-state index is -3.69. The van der Waals surface area contributed by atoms with Crippen molar-refractivity contribution in [2.45, 2.75) is 37.1 Å². The Kier molecular flexibility index (Phi) is 6.60. The molecule has 0 saturated carbocycles. The lowest BCUT2D eigenvalue weighted by atomic mass is 10.0. The summed E-state index contributed by atoms with van der Waals surface area (Å²) in [6.45, 7) is 0.413. The lowest BCUT2D eigenvalue weighted by Crippen LogP contribution is -2.28. The van der Waals surface area contributed by atoms with Crippen LogP contribution in [0.4, 0.5) is 10.1 Å². The van der Waals surface area contributed by atoms with E-state index in [4.69, 9.17) is 0 Å². The van der Waals surface area contributed by atoms with Gasteiger partial charge in [-0.05, 0) is 54.3 Å². The highest BCUT2D eigenvalue weighted by molar-refractivity contribution is 7.89. The number of aryl methyl sites for hydroxylation is 1. The molecule has 0 aliphatic carbocycles. The molecule has 9 heteroatoms. The highest BCUT2D eigenvalue weighted by Gasteiger charge is 2.19. The number of carbonyl (C=O) groups is 2. The second-order valence-corrected chi connectivity index (χ2v) is 8.54. The van der Waals surface area contributed by atoms with E-state index in [0.29, 0.717) is 24.9 Å². The van der Waals surface area contributed by atoms with Crippen molar-refractivity contribution in [3.8, 4) is 0 Å². The summed E-state index contributed by atoms with van der Waals surface area (Å²) >= 11 is 0. The maximum atomic E-state index is 12.8. The highest BCUT2D eigenvalue weighted by Crippen LogP contribution is 2.25. The smallest absolute Gasteiger partial charge is 0.240 e. The molecular weight excluding hydrogens is 397 g/mol. The molecule has 0 saturated heterocycles. The number of halogens is 1. The highest BCUT2D eigenvalue weighted by atomic mass is 32.2. The van der Waals surface area contributed by atoms with Crippen molar-refractivity contribution < 1.29 is 22.4 Å². The SMILES string of the molecule is O=C(CCCNS(=O)(=O)c1ccc2c(c1)CCC(=O)N2)NCc1ccc(F)cc1. The molecular formula is C20H22FN3O4S. The van der Waals surface area contributed by atoms with E-state index >= 15 is 0 Å². The summed E-state index contributed by atoms with van der Waals surface area (Å²) < 4.78 is 40.2. The standard InChI is InChI=1S/C20H22FN3O4S/c21-16-6-3-14(4-7-16)13-22-19(25)2-1-11-23-29(27,28)17-8-9-18-15(12-17)5-10-20(26)24-18/h3-4,6-9,12,23H,1-2,5,10-11,13H2,(H,22,25)(H,24,26). The fourth-order valence-electron chi connectivity index (χ4n) is 2.96. The van der Waals surface area contributed by atoms with Gasteiger partial charge in [0.15, 0.2) is 0 Å². The zero-order valence-corrected chi connectivity index (χ0v) is 16.5. The van der Waals surface area contributed by atoms with Crippen LogP contribution in [0.5, 0.6) is 0 Å². The molecule has 0 spiro atoms. The predicted molar refractivity (Wildman–Crippen MR) is 106 cm³/mol. The molecule has 1 aliphatic rings. The van der Waals surface area contributed by atoms with Crippen LogP contribution >= 0.6 is 0 Å². The fraction of sp³-hybridized carbons (Fsp3) is 0.300. The normalized spacial score (nSPS) is 13.5. The first-order valence-corrected chi connectivity index (χ1v) is 10.8. The van der Waals surface area contributed by atoms with Gasteiger partial charge in [-0.15, -0.1) is 0 Å². The van der Waals surface area contributed by atoms with Crippen LogP contribution in [0.1, 0.15) is 30.4 Å². The monoisotopic (exact) mass is 419 g/mol. The number of rotatable bonds is 8. The molecule has 3 N–H and O–H groups in total. The molecule has 1 aliphatic heterocycles. The number of sulfonamides is 1. The summed E-state index contributed by atoms with van der Waals surface area (Å²) in [5.41, 5.74) is 2.20. The summed E-state index contributed by atoms with van der Waals surface area (Å²) in [4.78, 5) is 23.4. The van der Waals surface area contributed by atoms with Crippen molar-refractivity contribution >= 4 is 27.5 Å². The summed E-state index contributed by atoms with van der Waals surface area (Å²) in [6.07, 6.45) is 1.34. The zero-order valence-electron chi connectivity index (χ0n) is 15.7. The van der Waals surface area contributed by atoms with E-state index < -0.39 is 10.0 Å². The van der Waals surface area contributed by atoms with Crippen molar-refractivity contribution in [3.05, 3.63) is 59.4 Å². The topological polar surface area (TPSA) is 104 Å². The molecule has 0 atom stereocenters. The Bertz CT molecular complexity index is 1010. The van der Waals surface area contributed by atoms with Gasteiger partial charge < -0.3 is 10.6 Å². The van der Waals surface area contributed by atoms with Crippen molar-refractivity contribution in [1.82, 2.24) is 10.0 Å². The fourth-order valence-corrected chi connectivity index (χ4v) is 4.08. The average Bonchev–Trinajstić information content (AvgIpc) is 2.70. The lowest BCUT2D eigenvalue weighted by molar-refractivity contribution is -0.121. The summed E-state index contributed by atoms with van der Waals surface area (Å²) in [5.74, 6) is -0.627. The first kappa shape index (κ1) is 20.9. The van der Waals surface area contributed by atoms with E-state index in [-0.39, 0.29) is 42.0 Å². The summed E-state index contributed by atoms with van der Waals surface area (Å²) in [5, 5.41) is 5.42. The number of nitrogens with one attached hydrogen (secondary N) is 3. The van der Waals surface area contributed by atoms with E-state index in [9.17, 15) is 22.4 Å². The molecule has 0 fully saturated rings. The third-order valence-electron chi connectivity index (χ3n) is 4.56. The third kappa shape index (κ3) is 5.85. The van der Waals surface area contributed by atoms with Crippen LogP contribution in [0.25, 0.3) is 0 Å². The Morgan fingerprint density at radius 1 is 1.10 bits per heavy atom. The summed E-state index contributed by atoms with van der Waals surface area (Å²) in [6, 6.07) is 10.4. The Labute approximate surface area is 168 Å². The van der Waals surface area contributed by atoms with Gasteiger partial charge in [-0.3, -0.25) is 9.59 Å². The molecule has 3 rings (SSSR count). The number of anilines is 1. The molecule has 0 unspecified atom stereocenters. The van der Waals surface area contributed by atoms with E-state index in [2.05, 4.69) is 15.4 Å². The first-order valence-electron chi connectivity index (χ1n) is 9.27. The van der Waals surface area contributed by atoms with Crippen LogP contribution in [-0.2, 0) is 32.6 Å². The molecule has 1 heterocycles. The van der Waals surface area contributed by atoms with Gasteiger partial charge in [-0.25, -0.2) is 17.5 Å². The van der Waals surface area contributed by atoms with Gasteiger partial charge in [0.25, 0.3) is 0 Å². The zero-order chi connectivity index (χ0) is 20.9. The van der Waals surface area contributed by atoms with Crippen LogP contribution in [0.2, 0.25) is 0 Å². The number of hydrogen-bond acceptors (Lipinski definition) is 4. The quantitative estimate of drug-likeness (QED) is 0.570. The maximum Gasteiger partial charge on any atom is 0.240 e. The number of fused-ring (bicyclic) bond motifs is 1. The molecule has 2 amide bonds. The minimum Gasteiger partial charge on any atom is -0.352 e. The molecule has 29 heavy (non-hydrogen) atoms. The number of hydrogen-bond donors (Lipinski definition) is 3. The van der Waals surface area contributed by atoms with Crippen molar-refractivity contribution in [2.75, 3.05) is 11.9 Å². The minimum absolute atomic E-state index is 0.0797. The van der Waals surface area contributed by atoms with Crippen LogP contribution in [0.15, 0.2) is 47.4 Å². The van der Waals surface area contributed by atoms with E-state index in [0.717, 1.165) is 11.1 Å². The third-order valence-corrected chi connectivity index (χ3v) is 6.02. The van der Waals surface area contributed by atoms with Crippen LogP contribution in [-0.4, -0.2) is 26.8 Å². The summed E-state index contributed by atoms with van der Waals surface area (Å²) in [7, 11) is -3.69. The molecule has 0 aromatic heterocycles. The number of benzene rings is 2. The molecule has 0 radical (unpaired) electrons. The molecule has 2 aromatic rings. The molecule has 7 nitrogen and oxygen atoms in total. The average molecular weight is 419 g/mol. The predicted octanol–water partition coefficient (Wildman–Crippen LogP) is 2.09. The maximum absolute atomic E-state index is 12.8. The second kappa shape index (κ2) is 9.15. The van der Waals surface area contributed by atoms with Gasteiger partial charge in [0.1, 0.15) is 5.82 Å². The molecule has 0 bridgehead atoms. The Morgan fingerprint density at radius 3 is 2.62 bits per heavy atom. The Morgan fingerprint density at radius 2 is 1.86 bits per heavy atom. The number of carbonyl (C=O) groups excluding carboxylic acids is 2. The molecule has 154 valence electrons. The van der Waals surface area contributed by atoms with Gasteiger partial charge in [-0.1, -0.05) is 12.1 Å². The lowest BCUT2D eigenvalue weighted by Gasteiger charge is -2.17. The van der Waals surface area contributed by atoms with Gasteiger partial charge >= 0.3 is 0 Å². The van der Waals surface area contributed by atoms with Gasteiger partial charge in [-0.2, -0.15) is 0 Å². The Hall–Kier alpha value is -2.78. The van der Waals surface area contributed by atoms with Crippen LogP contribution < -0.4 is 15.4 Å². The van der Waals surface area contributed by atoms with Gasteiger partial charge in [0, 0.05) is 31.6 Å². The van der Waals surface area contributed by atoms with E-state index in [1.807, 2.05) is 0 Å².